The Balaban J connectivity index is 2.07. The lowest BCUT2D eigenvalue weighted by Gasteiger charge is -2.08. The quantitative estimate of drug-likeness (QED) is 0.906. The molecule has 2 fully saturated rings. The molecule has 4 nitrogen and oxygen atoms in total. The van der Waals surface area contributed by atoms with E-state index in [2.05, 4.69) is 0 Å². The molecule has 0 aliphatic heterocycles. The molecule has 0 aromatic heterocycles. The molecule has 2 aliphatic rings. The Bertz CT molecular complexity index is 610. The third kappa shape index (κ3) is 1.92. The van der Waals surface area contributed by atoms with E-state index in [1.807, 2.05) is 0 Å². The first-order valence-corrected chi connectivity index (χ1v) is 7.66. The van der Waals surface area contributed by atoms with Crippen molar-refractivity contribution in [1.82, 2.24) is 0 Å². The van der Waals surface area contributed by atoms with Crippen LogP contribution in [0.4, 0.5) is 0 Å². The molecule has 96 valence electrons. The van der Waals surface area contributed by atoms with Crippen molar-refractivity contribution in [2.75, 3.05) is 0 Å². The van der Waals surface area contributed by atoms with Gasteiger partial charge in [0.05, 0.1) is 15.7 Å². The first-order valence-electron chi connectivity index (χ1n) is 6.11. The maximum absolute atomic E-state index is 12.1. The van der Waals surface area contributed by atoms with E-state index >= 15 is 0 Å². The minimum absolute atomic E-state index is 0.152. The van der Waals surface area contributed by atoms with E-state index in [-0.39, 0.29) is 15.7 Å². The average molecular weight is 266 g/mol. The van der Waals surface area contributed by atoms with E-state index in [0.29, 0.717) is 18.8 Å². The largest absolute Gasteiger partial charge is 0.478 e. The second-order valence-corrected chi connectivity index (χ2v) is 7.30. The van der Waals surface area contributed by atoms with Crippen molar-refractivity contribution in [2.45, 2.75) is 41.7 Å². The molecule has 0 unspecified atom stereocenters. The third-order valence-electron chi connectivity index (χ3n) is 3.56. The predicted molar refractivity (Wildman–Crippen MR) is 65.6 cm³/mol. The van der Waals surface area contributed by atoms with Crippen LogP contribution in [0.1, 0.15) is 47.5 Å². The first-order chi connectivity index (χ1) is 8.50. The van der Waals surface area contributed by atoms with Gasteiger partial charge in [0, 0.05) is 0 Å². The Hall–Kier alpha value is -1.36. The van der Waals surface area contributed by atoms with Gasteiger partial charge < -0.3 is 5.11 Å². The summed E-state index contributed by atoms with van der Waals surface area (Å²) < 4.78 is 24.1. The molecule has 2 saturated carbocycles. The molecule has 18 heavy (non-hydrogen) atoms. The highest BCUT2D eigenvalue weighted by molar-refractivity contribution is 7.92. The van der Waals surface area contributed by atoms with E-state index in [1.165, 1.54) is 6.07 Å². The highest BCUT2D eigenvalue weighted by atomic mass is 32.2. The van der Waals surface area contributed by atoms with Crippen molar-refractivity contribution >= 4 is 15.8 Å². The number of benzene rings is 1. The zero-order valence-corrected chi connectivity index (χ0v) is 10.6. The van der Waals surface area contributed by atoms with Crippen molar-refractivity contribution in [3.63, 3.8) is 0 Å². The van der Waals surface area contributed by atoms with Gasteiger partial charge in [-0.25, -0.2) is 13.2 Å². The molecule has 1 aromatic rings. The van der Waals surface area contributed by atoms with Gasteiger partial charge in [-0.3, -0.25) is 0 Å². The van der Waals surface area contributed by atoms with Crippen molar-refractivity contribution in [2.24, 2.45) is 0 Å². The van der Waals surface area contributed by atoms with Gasteiger partial charge in [0.1, 0.15) is 0 Å². The van der Waals surface area contributed by atoms with Gasteiger partial charge in [-0.1, -0.05) is 6.07 Å². The van der Waals surface area contributed by atoms with Gasteiger partial charge >= 0.3 is 5.97 Å². The van der Waals surface area contributed by atoms with E-state index < -0.39 is 15.8 Å². The number of rotatable bonds is 4. The van der Waals surface area contributed by atoms with Crippen LogP contribution in [0.2, 0.25) is 0 Å². The van der Waals surface area contributed by atoms with Crippen LogP contribution in [0.5, 0.6) is 0 Å². The van der Waals surface area contributed by atoms with Gasteiger partial charge in [-0.2, -0.15) is 0 Å². The summed E-state index contributed by atoms with van der Waals surface area (Å²) in [6.45, 7) is 0. The molecule has 0 atom stereocenters. The Morgan fingerprint density at radius 3 is 2.33 bits per heavy atom. The molecule has 0 radical (unpaired) electrons. The number of carboxylic acids is 1. The summed E-state index contributed by atoms with van der Waals surface area (Å²) in [5, 5.41) is 8.89. The Morgan fingerprint density at radius 2 is 1.83 bits per heavy atom. The van der Waals surface area contributed by atoms with Crippen LogP contribution in [0.15, 0.2) is 23.1 Å². The number of carboxylic acid groups (broad SMARTS) is 1. The van der Waals surface area contributed by atoms with Crippen molar-refractivity contribution < 1.29 is 18.3 Å². The molecule has 3 rings (SSSR count). The van der Waals surface area contributed by atoms with Crippen LogP contribution < -0.4 is 0 Å². The van der Waals surface area contributed by atoms with E-state index in [0.717, 1.165) is 18.4 Å². The number of carbonyl (C=O) groups is 1. The summed E-state index contributed by atoms with van der Waals surface area (Å²) in [7, 11) is -3.31. The monoisotopic (exact) mass is 266 g/mol. The number of hydrogen-bond donors (Lipinski definition) is 1. The minimum Gasteiger partial charge on any atom is -0.478 e. The molecule has 1 N–H and O–H groups in total. The van der Waals surface area contributed by atoms with Crippen LogP contribution in [-0.4, -0.2) is 24.7 Å². The second-order valence-electron chi connectivity index (χ2n) is 5.07. The summed E-state index contributed by atoms with van der Waals surface area (Å²) in [6, 6.07) is 4.58. The second kappa shape index (κ2) is 3.82. The SMILES string of the molecule is O=C(O)c1cc(S(=O)(=O)C2CC2)ccc1C1CC1. The smallest absolute Gasteiger partial charge is 0.336 e. The van der Waals surface area contributed by atoms with Crippen molar-refractivity contribution in [3.05, 3.63) is 29.3 Å². The molecule has 1 aromatic carbocycles. The lowest BCUT2D eigenvalue weighted by atomic mass is 10.0. The Labute approximate surface area is 106 Å². The minimum atomic E-state index is -3.31. The van der Waals surface area contributed by atoms with Gasteiger partial charge in [-0.05, 0) is 49.3 Å². The zero-order chi connectivity index (χ0) is 12.9. The highest BCUT2D eigenvalue weighted by Crippen LogP contribution is 2.43. The summed E-state index contributed by atoms with van der Waals surface area (Å²) in [5.41, 5.74) is 0.927. The molecular formula is C13H14O4S. The van der Waals surface area contributed by atoms with Crippen LogP contribution in [0, 0.1) is 0 Å². The van der Waals surface area contributed by atoms with Gasteiger partial charge in [0.15, 0.2) is 9.84 Å². The standard InChI is InChI=1S/C13H14O4S/c14-13(15)12-7-10(18(16,17)9-3-4-9)5-6-11(12)8-1-2-8/h5-9H,1-4H2,(H,14,15). The van der Waals surface area contributed by atoms with Crippen LogP contribution in [-0.2, 0) is 9.84 Å². The summed E-state index contributed by atoms with van der Waals surface area (Å²) in [4.78, 5) is 11.4. The maximum Gasteiger partial charge on any atom is 0.336 e. The van der Waals surface area contributed by atoms with Crippen molar-refractivity contribution in [1.29, 1.82) is 0 Å². The first kappa shape index (κ1) is 11.7. The van der Waals surface area contributed by atoms with E-state index in [1.54, 1.807) is 12.1 Å². The fourth-order valence-corrected chi connectivity index (χ4v) is 3.90. The molecule has 0 heterocycles. The molecule has 0 saturated heterocycles. The van der Waals surface area contributed by atoms with Crippen LogP contribution in [0.3, 0.4) is 0 Å². The van der Waals surface area contributed by atoms with Crippen molar-refractivity contribution in [3.8, 4) is 0 Å². The topological polar surface area (TPSA) is 71.4 Å². The number of sulfone groups is 1. The molecule has 2 aliphatic carbocycles. The lowest BCUT2D eigenvalue weighted by Crippen LogP contribution is -2.10. The molecule has 0 bridgehead atoms. The Morgan fingerprint density at radius 1 is 1.17 bits per heavy atom. The average Bonchev–Trinajstić information content (AvgIpc) is 3.18. The van der Waals surface area contributed by atoms with Crippen LogP contribution >= 0.6 is 0 Å². The lowest BCUT2D eigenvalue weighted by molar-refractivity contribution is 0.0695. The predicted octanol–water partition coefficient (Wildman–Crippen LogP) is 2.20. The van der Waals surface area contributed by atoms with Gasteiger partial charge in [0.25, 0.3) is 0 Å². The maximum atomic E-state index is 12.1. The molecule has 0 spiro atoms. The summed E-state index contributed by atoms with van der Waals surface area (Å²) in [6.07, 6.45) is 3.37. The fraction of sp³-hybridized carbons (Fsp3) is 0.462. The van der Waals surface area contributed by atoms with Gasteiger partial charge in [0.2, 0.25) is 0 Å². The van der Waals surface area contributed by atoms with Crippen LogP contribution in [0.25, 0.3) is 0 Å². The number of hydrogen-bond acceptors (Lipinski definition) is 3. The molecule has 5 heteroatoms. The summed E-state index contributed by atoms with van der Waals surface area (Å²) in [5.74, 6) is -0.737. The normalized spacial score (nSPS) is 19.8. The fourth-order valence-electron chi connectivity index (χ4n) is 2.22. The molecular weight excluding hydrogens is 252 g/mol. The number of aromatic carboxylic acids is 1. The van der Waals surface area contributed by atoms with E-state index in [4.69, 9.17) is 0 Å². The van der Waals surface area contributed by atoms with E-state index in [9.17, 15) is 18.3 Å². The van der Waals surface area contributed by atoms with Gasteiger partial charge in [-0.15, -0.1) is 0 Å². The molecule has 0 amide bonds. The summed E-state index contributed by atoms with van der Waals surface area (Å²) >= 11 is 0. The third-order valence-corrected chi connectivity index (χ3v) is 5.82. The zero-order valence-electron chi connectivity index (χ0n) is 9.80. The highest BCUT2D eigenvalue weighted by Gasteiger charge is 2.38. The Kier molecular flexibility index (Phi) is 2.48.